The van der Waals surface area contributed by atoms with Gasteiger partial charge in [-0.2, -0.15) is 0 Å². The molecule has 0 saturated carbocycles. The van der Waals surface area contributed by atoms with Gasteiger partial charge in [0.25, 0.3) is 0 Å². The molecule has 0 spiro atoms. The van der Waals surface area contributed by atoms with Crippen LogP contribution in [-0.2, 0) is 9.53 Å². The maximum absolute atomic E-state index is 11.6. The van der Waals surface area contributed by atoms with Crippen molar-refractivity contribution >= 4 is 29.2 Å². The third-order valence-corrected chi connectivity index (χ3v) is 2.65. The fourth-order valence-electron chi connectivity index (χ4n) is 1.41. The van der Waals surface area contributed by atoms with Crippen LogP contribution in [0.4, 0.5) is 5.69 Å². The Morgan fingerprint density at radius 3 is 2.55 bits per heavy atom. The van der Waals surface area contributed by atoms with E-state index in [9.17, 15) is 9.59 Å². The van der Waals surface area contributed by atoms with Crippen molar-refractivity contribution in [3.63, 3.8) is 0 Å². The Balaban J connectivity index is 2.91. The minimum absolute atomic E-state index is 0.0693. The van der Waals surface area contributed by atoms with Gasteiger partial charge < -0.3 is 19.9 Å². The van der Waals surface area contributed by atoms with E-state index in [-0.39, 0.29) is 40.6 Å². The quantitative estimate of drug-likeness (QED) is 0.843. The molecule has 2 N–H and O–H groups in total. The molecule has 20 heavy (non-hydrogen) atoms. The van der Waals surface area contributed by atoms with Crippen LogP contribution in [0.1, 0.15) is 24.2 Å². The molecule has 0 atom stereocenters. The largest absolute Gasteiger partial charge is 0.496 e. The van der Waals surface area contributed by atoms with E-state index in [1.807, 2.05) is 13.8 Å². The van der Waals surface area contributed by atoms with Crippen molar-refractivity contribution < 1.29 is 24.2 Å². The smallest absolute Gasteiger partial charge is 0.339 e. The average molecular weight is 302 g/mol. The van der Waals surface area contributed by atoms with Gasteiger partial charge in [0.05, 0.1) is 23.9 Å². The lowest BCUT2D eigenvalue weighted by atomic mass is 10.2. The highest BCUT2D eigenvalue weighted by molar-refractivity contribution is 6.34. The molecular weight excluding hydrogens is 286 g/mol. The van der Waals surface area contributed by atoms with Crippen LogP contribution >= 0.6 is 11.6 Å². The summed E-state index contributed by atoms with van der Waals surface area (Å²) in [6.45, 7) is 3.51. The first-order valence-corrected chi connectivity index (χ1v) is 6.25. The number of amides is 1. The third kappa shape index (κ3) is 4.40. The van der Waals surface area contributed by atoms with Crippen molar-refractivity contribution in [3.8, 4) is 5.75 Å². The van der Waals surface area contributed by atoms with Gasteiger partial charge >= 0.3 is 5.97 Å². The van der Waals surface area contributed by atoms with E-state index in [1.165, 1.54) is 19.2 Å². The van der Waals surface area contributed by atoms with E-state index in [0.717, 1.165) is 0 Å². The van der Waals surface area contributed by atoms with Gasteiger partial charge in [0, 0.05) is 6.07 Å². The average Bonchev–Trinajstić information content (AvgIpc) is 2.38. The summed E-state index contributed by atoms with van der Waals surface area (Å²) in [6.07, 6.45) is -0.0693. The maximum Gasteiger partial charge on any atom is 0.339 e. The number of carbonyl (C=O) groups excluding carboxylic acids is 1. The molecule has 1 rings (SSSR count). The third-order valence-electron chi connectivity index (χ3n) is 2.34. The highest BCUT2D eigenvalue weighted by Gasteiger charge is 2.16. The summed E-state index contributed by atoms with van der Waals surface area (Å²) >= 11 is 5.93. The zero-order valence-corrected chi connectivity index (χ0v) is 12.2. The lowest BCUT2D eigenvalue weighted by Crippen LogP contribution is -2.21. The van der Waals surface area contributed by atoms with Crippen LogP contribution in [0.15, 0.2) is 12.1 Å². The van der Waals surface area contributed by atoms with E-state index in [2.05, 4.69) is 5.32 Å². The number of carbonyl (C=O) groups is 2. The molecule has 6 nitrogen and oxygen atoms in total. The molecule has 0 fully saturated rings. The van der Waals surface area contributed by atoms with Crippen molar-refractivity contribution in [2.45, 2.75) is 20.0 Å². The summed E-state index contributed by atoms with van der Waals surface area (Å²) in [6, 6.07) is 2.58. The van der Waals surface area contributed by atoms with Gasteiger partial charge in [-0.15, -0.1) is 0 Å². The summed E-state index contributed by atoms with van der Waals surface area (Å²) in [7, 11) is 1.34. The van der Waals surface area contributed by atoms with Crippen molar-refractivity contribution in [3.05, 3.63) is 22.7 Å². The van der Waals surface area contributed by atoms with Crippen molar-refractivity contribution in [1.29, 1.82) is 0 Å². The first kappa shape index (κ1) is 16.3. The molecule has 0 unspecified atom stereocenters. The number of benzene rings is 1. The first-order chi connectivity index (χ1) is 9.35. The second-order valence-corrected chi connectivity index (χ2v) is 4.65. The van der Waals surface area contributed by atoms with Crippen LogP contribution in [0.3, 0.4) is 0 Å². The Kier molecular flexibility index (Phi) is 5.79. The highest BCUT2D eigenvalue weighted by Crippen LogP contribution is 2.30. The molecule has 0 bridgehead atoms. The van der Waals surface area contributed by atoms with Crippen LogP contribution in [0.25, 0.3) is 0 Å². The number of halogens is 1. The lowest BCUT2D eigenvalue weighted by molar-refractivity contribution is -0.121. The minimum atomic E-state index is -1.16. The molecule has 0 aliphatic carbocycles. The van der Waals surface area contributed by atoms with Gasteiger partial charge in [0.15, 0.2) is 0 Å². The molecule has 0 aliphatic heterocycles. The topological polar surface area (TPSA) is 84.9 Å². The number of methoxy groups -OCH3 is 1. The summed E-state index contributed by atoms with van der Waals surface area (Å²) in [4.78, 5) is 22.6. The van der Waals surface area contributed by atoms with Gasteiger partial charge in [0.1, 0.15) is 17.9 Å². The minimum Gasteiger partial charge on any atom is -0.496 e. The van der Waals surface area contributed by atoms with Crippen LogP contribution in [0, 0.1) is 0 Å². The van der Waals surface area contributed by atoms with Gasteiger partial charge in [-0.25, -0.2) is 4.79 Å². The number of rotatable bonds is 6. The number of aromatic carboxylic acids is 1. The zero-order valence-electron chi connectivity index (χ0n) is 11.4. The van der Waals surface area contributed by atoms with Crippen molar-refractivity contribution in [1.82, 2.24) is 0 Å². The standard InChI is InChI=1S/C13H16ClNO5/c1-7(2)20-6-12(16)15-10-5-11(19-3)8(13(17)18)4-9(10)14/h4-5,7H,6H2,1-3H3,(H,15,16)(H,17,18). The van der Waals surface area contributed by atoms with E-state index in [0.29, 0.717) is 0 Å². The molecule has 0 heterocycles. The number of carboxylic acid groups (broad SMARTS) is 1. The maximum atomic E-state index is 11.6. The van der Waals surface area contributed by atoms with E-state index < -0.39 is 5.97 Å². The lowest BCUT2D eigenvalue weighted by Gasteiger charge is -2.12. The van der Waals surface area contributed by atoms with Crippen LogP contribution in [0.2, 0.25) is 5.02 Å². The molecule has 1 aromatic carbocycles. The first-order valence-electron chi connectivity index (χ1n) is 5.87. The summed E-state index contributed by atoms with van der Waals surface area (Å²) in [5, 5.41) is 11.6. The molecule has 7 heteroatoms. The predicted octanol–water partition coefficient (Wildman–Crippen LogP) is 2.41. The number of carboxylic acids is 1. The van der Waals surface area contributed by atoms with Crippen LogP contribution in [-0.4, -0.2) is 36.8 Å². The summed E-state index contributed by atoms with van der Waals surface area (Å²) in [5.74, 6) is -1.43. The van der Waals surface area contributed by atoms with E-state index in [4.69, 9.17) is 26.2 Å². The monoisotopic (exact) mass is 301 g/mol. The number of hydrogen-bond donors (Lipinski definition) is 2. The van der Waals surface area contributed by atoms with E-state index in [1.54, 1.807) is 0 Å². The Morgan fingerprint density at radius 2 is 2.05 bits per heavy atom. The molecule has 1 aromatic rings. The summed E-state index contributed by atoms with van der Waals surface area (Å²) in [5.41, 5.74) is 0.194. The highest BCUT2D eigenvalue weighted by atomic mass is 35.5. The normalized spacial score (nSPS) is 10.4. The zero-order chi connectivity index (χ0) is 15.3. The molecule has 0 saturated heterocycles. The molecule has 0 aromatic heterocycles. The molecule has 0 aliphatic rings. The Bertz CT molecular complexity index is 516. The number of ether oxygens (including phenoxy) is 2. The molecule has 1 amide bonds. The second-order valence-electron chi connectivity index (χ2n) is 4.25. The number of nitrogens with one attached hydrogen (secondary N) is 1. The predicted molar refractivity (Wildman–Crippen MR) is 74.7 cm³/mol. The van der Waals surface area contributed by atoms with E-state index >= 15 is 0 Å². The number of hydrogen-bond acceptors (Lipinski definition) is 4. The summed E-state index contributed by atoms with van der Waals surface area (Å²) < 4.78 is 10.1. The van der Waals surface area contributed by atoms with Gasteiger partial charge in [-0.05, 0) is 19.9 Å². The molecular formula is C13H16ClNO5. The van der Waals surface area contributed by atoms with Crippen molar-refractivity contribution in [2.24, 2.45) is 0 Å². The SMILES string of the molecule is COc1cc(NC(=O)COC(C)C)c(Cl)cc1C(=O)O. The Hall–Kier alpha value is -1.79. The van der Waals surface area contributed by atoms with Crippen molar-refractivity contribution in [2.75, 3.05) is 19.0 Å². The molecule has 110 valence electrons. The van der Waals surface area contributed by atoms with Crippen LogP contribution in [0.5, 0.6) is 5.75 Å². The Labute approximate surface area is 121 Å². The van der Waals surface area contributed by atoms with Gasteiger partial charge in [-0.3, -0.25) is 4.79 Å². The van der Waals surface area contributed by atoms with Gasteiger partial charge in [0.2, 0.25) is 5.91 Å². The molecule has 0 radical (unpaired) electrons. The fraction of sp³-hybridized carbons (Fsp3) is 0.385. The fourth-order valence-corrected chi connectivity index (χ4v) is 1.62. The van der Waals surface area contributed by atoms with Crippen LogP contribution < -0.4 is 10.1 Å². The van der Waals surface area contributed by atoms with Gasteiger partial charge in [-0.1, -0.05) is 11.6 Å². The second kappa shape index (κ2) is 7.12. The number of anilines is 1. The Morgan fingerprint density at radius 1 is 1.40 bits per heavy atom.